The van der Waals surface area contributed by atoms with Crippen LogP contribution in [-0.4, -0.2) is 85.4 Å². The summed E-state index contributed by atoms with van der Waals surface area (Å²) in [5.74, 6) is -0.321. The summed E-state index contributed by atoms with van der Waals surface area (Å²) >= 11 is 14.0. The molecule has 3 aromatic carbocycles. The molecular weight excluding hydrogens is 1020 g/mol. The summed E-state index contributed by atoms with van der Waals surface area (Å²) in [5, 5.41) is 24.5. The third-order valence-corrected chi connectivity index (χ3v) is 19.0. The van der Waals surface area contributed by atoms with Gasteiger partial charge in [-0.25, -0.2) is 21.8 Å². The smallest absolute Gasteiger partial charge is 0.311 e. The molecule has 0 radical (unpaired) electrons. The minimum absolute atomic E-state index is 0.114. The SMILES string of the molecule is CCCc1ccc(NC2CCN(S(=O)(=O)c3ccc(CNC(=O)c4ccc(Cl)cc4)s3)CC2)cc1.O=C(NCc1ccc(S(=O)(=O)N2CCC(Nc3ncccc3[N+](=O)[O-])CC2)s1)c1ccc(Cl)cc1. The molecule has 6 aromatic rings. The quantitative estimate of drug-likeness (QED) is 0.0499. The number of aromatic nitrogens is 1. The minimum Gasteiger partial charge on any atom is -0.382 e. The Bertz CT molecular complexity index is 2960. The highest BCUT2D eigenvalue weighted by atomic mass is 35.5. The summed E-state index contributed by atoms with van der Waals surface area (Å²) in [7, 11) is -7.23. The summed E-state index contributed by atoms with van der Waals surface area (Å²) in [4.78, 5) is 40.8. The van der Waals surface area contributed by atoms with E-state index in [1.807, 2.05) is 0 Å². The lowest BCUT2D eigenvalue weighted by Gasteiger charge is -2.31. The van der Waals surface area contributed by atoms with Crippen LogP contribution in [0.4, 0.5) is 17.2 Å². The number of thiophene rings is 2. The zero-order valence-corrected chi connectivity index (χ0v) is 42.8. The fraction of sp³-hybridized carbons (Fsp3) is 0.312. The Morgan fingerprint density at radius 1 is 0.671 bits per heavy atom. The van der Waals surface area contributed by atoms with Gasteiger partial charge in [0, 0.05) is 87.1 Å². The molecule has 0 spiro atoms. The van der Waals surface area contributed by atoms with Gasteiger partial charge >= 0.3 is 5.69 Å². The number of amides is 2. The van der Waals surface area contributed by atoms with Crippen LogP contribution in [0.1, 0.15) is 75.1 Å². The van der Waals surface area contributed by atoms with Crippen LogP contribution < -0.4 is 21.3 Å². The summed E-state index contributed by atoms with van der Waals surface area (Å²) < 4.78 is 56.1. The van der Waals surface area contributed by atoms with Crippen molar-refractivity contribution in [3.8, 4) is 0 Å². The molecule has 0 atom stereocenters. The number of nitrogens with one attached hydrogen (secondary N) is 4. The van der Waals surface area contributed by atoms with Crippen LogP contribution in [0.2, 0.25) is 10.0 Å². The van der Waals surface area contributed by atoms with Crippen LogP contribution in [0.3, 0.4) is 0 Å². The molecule has 2 aliphatic heterocycles. The van der Waals surface area contributed by atoms with Crippen LogP contribution in [0.5, 0.6) is 0 Å². The van der Waals surface area contributed by atoms with Gasteiger partial charge in [-0.15, -0.1) is 22.7 Å². The zero-order chi connectivity index (χ0) is 49.8. The number of pyridine rings is 1. The molecule has 70 heavy (non-hydrogen) atoms. The number of benzene rings is 3. The molecule has 370 valence electrons. The number of nitro groups is 1. The second-order valence-electron chi connectivity index (χ2n) is 16.5. The standard InChI is InChI=1S/C26H30ClN3O3S2.C22H22ClN5O5S2/c1-2-3-19-4-10-22(11-5-19)29-23-14-16-30(17-15-23)35(32,33)25-13-12-24(34-25)18-28-26(31)20-6-8-21(27)9-7-20;23-16-5-3-15(4-6-16)22(29)25-14-18-7-8-20(34-18)35(32,33)27-12-9-17(10-13-27)26-21-19(28(30)31)2-1-11-24-21/h4-13,23,29H,2-3,14-18H2,1H3,(H,28,31);1-8,11,17H,9-10,12-14H2,(H,24,26)(H,25,29). The van der Waals surface area contributed by atoms with E-state index in [1.54, 1.807) is 77.1 Å². The Morgan fingerprint density at radius 2 is 1.13 bits per heavy atom. The highest BCUT2D eigenvalue weighted by Crippen LogP contribution is 2.31. The number of halogens is 2. The number of hydrogen-bond donors (Lipinski definition) is 4. The average Bonchev–Trinajstić information content (AvgIpc) is 4.06. The molecule has 5 heterocycles. The van der Waals surface area contributed by atoms with E-state index in [2.05, 4.69) is 57.4 Å². The van der Waals surface area contributed by atoms with Gasteiger partial charge in [-0.3, -0.25) is 19.7 Å². The highest BCUT2D eigenvalue weighted by molar-refractivity contribution is 7.91. The second kappa shape index (κ2) is 24.1. The number of carbonyl (C=O) groups is 2. The molecule has 2 amide bonds. The molecule has 0 bridgehead atoms. The van der Waals surface area contributed by atoms with Gasteiger partial charge in [-0.05, 0) is 129 Å². The highest BCUT2D eigenvalue weighted by Gasteiger charge is 2.33. The fourth-order valence-electron chi connectivity index (χ4n) is 7.80. The van der Waals surface area contributed by atoms with Crippen LogP contribution in [0.25, 0.3) is 0 Å². The minimum atomic E-state index is -3.68. The Balaban J connectivity index is 0.000000206. The Hall–Kier alpha value is -5.45. The van der Waals surface area contributed by atoms with Gasteiger partial charge in [0.25, 0.3) is 31.9 Å². The van der Waals surface area contributed by atoms with Crippen molar-refractivity contribution in [2.24, 2.45) is 0 Å². The van der Waals surface area contributed by atoms with Crippen molar-refractivity contribution in [3.63, 3.8) is 0 Å². The summed E-state index contributed by atoms with van der Waals surface area (Å²) in [6.07, 6.45) is 6.17. The summed E-state index contributed by atoms with van der Waals surface area (Å²) in [5.41, 5.74) is 3.27. The first-order valence-electron chi connectivity index (χ1n) is 22.6. The van der Waals surface area contributed by atoms with E-state index in [-0.39, 0.29) is 65.8 Å². The topological polar surface area (TPSA) is 213 Å². The monoisotopic (exact) mass is 1070 g/mol. The maximum atomic E-state index is 13.2. The second-order valence-corrected chi connectivity index (χ2v) is 24.1. The van der Waals surface area contributed by atoms with E-state index < -0.39 is 25.0 Å². The van der Waals surface area contributed by atoms with Crippen molar-refractivity contribution < 1.29 is 31.3 Å². The molecular formula is C48H52Cl2N8O8S4. The largest absolute Gasteiger partial charge is 0.382 e. The number of nitrogens with zero attached hydrogens (tertiary/aromatic N) is 4. The predicted octanol–water partition coefficient (Wildman–Crippen LogP) is 9.45. The van der Waals surface area contributed by atoms with Gasteiger partial charge in [-0.2, -0.15) is 8.61 Å². The number of piperidine rings is 2. The van der Waals surface area contributed by atoms with Crippen LogP contribution in [0, 0.1) is 10.1 Å². The van der Waals surface area contributed by atoms with Gasteiger partial charge in [0.2, 0.25) is 5.82 Å². The molecule has 0 aliphatic carbocycles. The molecule has 4 N–H and O–H groups in total. The molecule has 2 fully saturated rings. The zero-order valence-electron chi connectivity index (χ0n) is 38.1. The lowest BCUT2D eigenvalue weighted by atomic mass is 10.1. The lowest BCUT2D eigenvalue weighted by Crippen LogP contribution is -2.42. The first-order valence-corrected chi connectivity index (χ1v) is 27.8. The van der Waals surface area contributed by atoms with Crippen molar-refractivity contribution in [3.05, 3.63) is 162 Å². The van der Waals surface area contributed by atoms with Gasteiger partial charge in [0.1, 0.15) is 8.42 Å². The van der Waals surface area contributed by atoms with Crippen molar-refractivity contribution >= 4 is 94.9 Å². The van der Waals surface area contributed by atoms with Crippen LogP contribution in [-0.2, 0) is 39.6 Å². The normalized spacial score (nSPS) is 15.1. The fourth-order valence-corrected chi connectivity index (χ4v) is 13.9. The summed E-state index contributed by atoms with van der Waals surface area (Å²) in [6.45, 7) is 4.16. The van der Waals surface area contributed by atoms with Crippen molar-refractivity contribution in [1.82, 2.24) is 24.2 Å². The van der Waals surface area contributed by atoms with Crippen LogP contribution in [0.15, 0.2) is 124 Å². The number of anilines is 2. The van der Waals surface area contributed by atoms with Crippen LogP contribution >= 0.6 is 45.9 Å². The third-order valence-electron chi connectivity index (χ3n) is 11.6. The molecule has 0 unspecified atom stereocenters. The van der Waals surface area contributed by atoms with Crippen molar-refractivity contribution in [2.45, 2.75) is 79.0 Å². The molecule has 3 aromatic heterocycles. The third kappa shape index (κ3) is 13.9. The van der Waals surface area contributed by atoms with Gasteiger partial charge in [-0.1, -0.05) is 48.7 Å². The van der Waals surface area contributed by atoms with E-state index in [9.17, 15) is 36.5 Å². The van der Waals surface area contributed by atoms with Gasteiger partial charge < -0.3 is 21.3 Å². The average molecular weight is 1070 g/mol. The summed E-state index contributed by atoms with van der Waals surface area (Å²) in [6, 6.07) is 31.3. The Labute approximate surface area is 425 Å². The van der Waals surface area contributed by atoms with E-state index in [4.69, 9.17) is 23.2 Å². The van der Waals surface area contributed by atoms with Crippen molar-refractivity contribution in [2.75, 3.05) is 36.8 Å². The first kappa shape index (κ1) is 52.4. The number of carbonyl (C=O) groups excluding carboxylic acids is 2. The number of aryl methyl sites for hydroxylation is 1. The molecule has 2 aliphatic rings. The Morgan fingerprint density at radius 3 is 1.57 bits per heavy atom. The molecule has 8 rings (SSSR count). The van der Waals surface area contributed by atoms with E-state index in [0.29, 0.717) is 56.2 Å². The number of sulfonamides is 2. The molecule has 2 saturated heterocycles. The molecule has 16 nitrogen and oxygen atoms in total. The maximum absolute atomic E-state index is 13.2. The first-order chi connectivity index (χ1) is 33.6. The van der Waals surface area contributed by atoms with E-state index in [0.717, 1.165) is 47.6 Å². The van der Waals surface area contributed by atoms with Gasteiger partial charge in [0.15, 0.2) is 0 Å². The lowest BCUT2D eigenvalue weighted by molar-refractivity contribution is -0.384. The Kier molecular flexibility index (Phi) is 18.0. The molecule has 0 saturated carbocycles. The van der Waals surface area contributed by atoms with Gasteiger partial charge in [0.05, 0.1) is 18.0 Å². The number of rotatable bonds is 17. The molecule has 22 heteroatoms. The van der Waals surface area contributed by atoms with E-state index >= 15 is 0 Å². The number of hydrogen-bond acceptors (Lipinski definition) is 13. The van der Waals surface area contributed by atoms with E-state index in [1.165, 1.54) is 39.5 Å². The van der Waals surface area contributed by atoms with Crippen molar-refractivity contribution in [1.29, 1.82) is 0 Å². The maximum Gasteiger partial charge on any atom is 0.311 e. The predicted molar refractivity (Wildman–Crippen MR) is 276 cm³/mol.